The SMILES string of the molecule is CO[C@@H]1C[C@@H](CC(C)[C@@H]2CC(=O)[C@H](C)/C=C(\C)[C@@H](O)[C@@H](OC)C(=O)[C@H](C)C[C@H](C)/C=C/C=C/C=C(/C)[C@H](OCCNc3ccc(S/C(N)=C(\C#N)c4ccccc4C(F)(F)F)cc3)C[C@@H]3CC[C@@H](C)[C@@](O)(O3)C(=O)C(=O)N3CCCC[C@H]3C(=O)O2)CC[C@H]1O. The third kappa shape index (κ3) is 19.5. The van der Waals surface area contributed by atoms with E-state index in [2.05, 4.69) is 5.32 Å². The molecule has 89 heavy (non-hydrogen) atoms. The summed E-state index contributed by atoms with van der Waals surface area (Å²) in [4.78, 5) is 73.8. The van der Waals surface area contributed by atoms with Crippen molar-refractivity contribution >= 4 is 52.2 Å². The Morgan fingerprint density at radius 2 is 1.63 bits per heavy atom. The van der Waals surface area contributed by atoms with Gasteiger partial charge in [0.25, 0.3) is 11.7 Å². The van der Waals surface area contributed by atoms with Crippen LogP contribution in [-0.2, 0) is 53.8 Å². The first kappa shape index (κ1) is 72.1. The van der Waals surface area contributed by atoms with Gasteiger partial charge in [-0.25, -0.2) is 4.79 Å². The average molecular weight is 1260 g/mol. The van der Waals surface area contributed by atoms with Gasteiger partial charge in [-0.3, -0.25) is 19.2 Å². The molecule has 17 nitrogen and oxygen atoms in total. The van der Waals surface area contributed by atoms with Crippen molar-refractivity contribution in [2.24, 2.45) is 41.2 Å². The third-order valence-corrected chi connectivity index (χ3v) is 18.8. The minimum absolute atomic E-state index is 0.0188. The van der Waals surface area contributed by atoms with Crippen LogP contribution in [-0.4, -0.2) is 138 Å². The molecule has 488 valence electrons. The van der Waals surface area contributed by atoms with Crippen molar-refractivity contribution in [1.29, 1.82) is 5.26 Å². The van der Waals surface area contributed by atoms with Gasteiger partial charge in [0, 0.05) is 74.1 Å². The van der Waals surface area contributed by atoms with Gasteiger partial charge in [-0.2, -0.15) is 18.4 Å². The standard InChI is InChI=1S/C68H91F3N4O13S/c1-40-17-11-10-12-18-41(2)57(86-32-30-74-48-24-27-50(28-25-48)89-64(73)52(39-72)51-19-13-14-20-53(51)68(69,70)71)37-49-26-22-46(7)67(83,88-49)63(80)65(81)75-31-16-15-21-54(75)66(82)87-58(43(4)35-47-23-29-55(76)59(36-47)84-8)38-56(77)42(3)34-45(6)61(79)62(85-9)60(78)44(5)33-40/h10-14,17-20,24-25,27-28,34,40,42-44,46-47,49,54-55,57-59,61-62,74,76,79,83H,15-16,21-23,26,29-33,35-38,73H2,1-9H3/b12-10+,17-11+,41-18-,45-34+,64-52+/t40-,42-,43?,44-,46-,47-,49+,54+,55-,57-,58+,59-,61-,62+,67-/m1/s1. The predicted molar refractivity (Wildman–Crippen MR) is 333 cm³/mol. The summed E-state index contributed by atoms with van der Waals surface area (Å²) in [7, 11) is 2.90. The molecule has 4 aliphatic rings. The number of amides is 1. The number of nitrogens with one attached hydrogen (secondary N) is 1. The lowest BCUT2D eigenvalue weighted by Crippen LogP contribution is -2.61. The van der Waals surface area contributed by atoms with Crippen molar-refractivity contribution in [3.8, 4) is 6.07 Å². The van der Waals surface area contributed by atoms with Gasteiger partial charge < -0.3 is 55.0 Å². The number of ketones is 3. The van der Waals surface area contributed by atoms with E-state index in [1.165, 1.54) is 25.3 Å². The van der Waals surface area contributed by atoms with Gasteiger partial charge in [-0.05, 0) is 137 Å². The molecule has 6 N–H and O–H groups in total. The number of rotatable bonds is 13. The quantitative estimate of drug-likeness (QED) is 0.0312. The number of hydrogen-bond donors (Lipinski definition) is 5. The lowest BCUT2D eigenvalue weighted by molar-refractivity contribution is -0.266. The van der Waals surface area contributed by atoms with Crippen molar-refractivity contribution in [2.45, 2.75) is 191 Å². The molecule has 1 amide bonds. The first-order valence-electron chi connectivity index (χ1n) is 31.0. The number of benzene rings is 2. The maximum atomic E-state index is 14.6. The zero-order chi connectivity index (χ0) is 65.3. The number of thioether (sulfide) groups is 1. The highest BCUT2D eigenvalue weighted by molar-refractivity contribution is 8.03. The molecule has 15 atom stereocenters. The fraction of sp³-hybridized carbons (Fsp3) is 0.588. The maximum Gasteiger partial charge on any atom is 0.417 e. The highest BCUT2D eigenvalue weighted by Gasteiger charge is 2.53. The number of carbonyl (C=O) groups excluding carboxylic acids is 5. The number of ether oxygens (including phenoxy) is 5. The number of aliphatic hydroxyl groups is 3. The molecule has 2 aromatic carbocycles. The Hall–Kier alpha value is -5.96. The van der Waals surface area contributed by atoms with Crippen LogP contribution in [0.4, 0.5) is 18.9 Å². The Kier molecular flexibility index (Phi) is 27.0. The van der Waals surface area contributed by atoms with Crippen molar-refractivity contribution in [1.82, 2.24) is 4.90 Å². The average Bonchev–Trinajstić information content (AvgIpc) is 2.57. The van der Waals surface area contributed by atoms with Gasteiger partial charge in [-0.1, -0.05) is 101 Å². The fourth-order valence-corrected chi connectivity index (χ4v) is 13.2. The van der Waals surface area contributed by atoms with Crippen LogP contribution in [0, 0.1) is 46.8 Å². The van der Waals surface area contributed by atoms with Crippen LogP contribution in [0.25, 0.3) is 5.57 Å². The summed E-state index contributed by atoms with van der Waals surface area (Å²) in [6.45, 7) is 12.9. The summed E-state index contributed by atoms with van der Waals surface area (Å²) < 4.78 is 71.8. The molecule has 0 spiro atoms. The van der Waals surface area contributed by atoms with Crippen LogP contribution in [0.3, 0.4) is 0 Å². The van der Waals surface area contributed by atoms with Crippen LogP contribution in [0.2, 0.25) is 0 Å². The van der Waals surface area contributed by atoms with Crippen molar-refractivity contribution in [2.75, 3.05) is 39.2 Å². The monoisotopic (exact) mass is 1260 g/mol. The predicted octanol–water partition coefficient (Wildman–Crippen LogP) is 10.6. The number of hydrogen-bond acceptors (Lipinski definition) is 17. The van der Waals surface area contributed by atoms with Gasteiger partial charge in [-0.15, -0.1) is 0 Å². The zero-order valence-electron chi connectivity index (χ0n) is 52.7. The normalized spacial score (nSPS) is 33.0. The van der Waals surface area contributed by atoms with Crippen LogP contribution < -0.4 is 11.1 Å². The van der Waals surface area contributed by atoms with Gasteiger partial charge in [0.2, 0.25) is 5.79 Å². The number of methoxy groups -OCH3 is 2. The van der Waals surface area contributed by atoms with E-state index in [4.69, 9.17) is 29.4 Å². The summed E-state index contributed by atoms with van der Waals surface area (Å²) in [6, 6.07) is 12.3. The van der Waals surface area contributed by atoms with Gasteiger partial charge >= 0.3 is 12.1 Å². The summed E-state index contributed by atoms with van der Waals surface area (Å²) in [5, 5.41) is 47.5. The molecule has 1 saturated carbocycles. The van der Waals surface area contributed by atoms with E-state index < -0.39 is 102 Å². The smallest absolute Gasteiger partial charge is 0.417 e. The molecular weight excluding hydrogens is 1170 g/mol. The molecule has 3 aliphatic heterocycles. The second kappa shape index (κ2) is 33.4. The molecule has 3 heterocycles. The Morgan fingerprint density at radius 3 is 2.31 bits per heavy atom. The van der Waals surface area contributed by atoms with Crippen LogP contribution in [0.15, 0.2) is 106 Å². The van der Waals surface area contributed by atoms with Crippen LogP contribution >= 0.6 is 11.8 Å². The summed E-state index contributed by atoms with van der Waals surface area (Å²) in [5.74, 6) is -8.81. The van der Waals surface area contributed by atoms with Crippen LogP contribution in [0.5, 0.6) is 0 Å². The summed E-state index contributed by atoms with van der Waals surface area (Å²) >= 11 is 0.956. The number of anilines is 1. The number of nitrogens with zero attached hydrogens (tertiary/aromatic N) is 2. The number of Topliss-reactive ketones (excluding diaryl/α,β-unsaturated/α-hetero) is 3. The van der Waals surface area contributed by atoms with Crippen LogP contribution in [0.1, 0.15) is 137 Å². The number of esters is 1. The highest BCUT2D eigenvalue weighted by Crippen LogP contribution is 2.40. The molecule has 0 radical (unpaired) electrons. The number of nitriles is 1. The molecule has 2 aromatic rings. The lowest BCUT2D eigenvalue weighted by atomic mass is 9.78. The second-order valence-electron chi connectivity index (χ2n) is 24.7. The minimum Gasteiger partial charge on any atom is -0.460 e. The number of fused-ring (bicyclic) bond motifs is 3. The summed E-state index contributed by atoms with van der Waals surface area (Å²) in [5.41, 5.74) is 6.45. The van der Waals surface area contributed by atoms with E-state index in [1.807, 2.05) is 57.2 Å². The zero-order valence-corrected chi connectivity index (χ0v) is 53.5. The van der Waals surface area contributed by atoms with Gasteiger partial charge in [0.15, 0.2) is 5.78 Å². The minimum atomic E-state index is -4.69. The molecule has 2 saturated heterocycles. The van der Waals surface area contributed by atoms with Crippen molar-refractivity contribution < 1.29 is 76.1 Å². The van der Waals surface area contributed by atoms with E-state index in [9.17, 15) is 57.7 Å². The van der Waals surface area contributed by atoms with E-state index >= 15 is 0 Å². The number of piperidine rings is 1. The largest absolute Gasteiger partial charge is 0.460 e. The molecule has 3 fully saturated rings. The first-order chi connectivity index (χ1) is 42.2. The van der Waals surface area contributed by atoms with E-state index in [1.54, 1.807) is 65.1 Å². The number of aliphatic hydroxyl groups excluding tert-OH is 2. The molecular formula is C68H91F3N4O13S. The van der Waals surface area contributed by atoms with E-state index in [0.717, 1.165) is 28.3 Å². The van der Waals surface area contributed by atoms with E-state index in [-0.39, 0.29) is 78.1 Å². The Morgan fingerprint density at radius 1 is 0.910 bits per heavy atom. The number of cyclic esters (lactones) is 1. The Bertz CT molecular complexity index is 2960. The Labute approximate surface area is 526 Å². The van der Waals surface area contributed by atoms with E-state index in [0.29, 0.717) is 80.5 Å². The second-order valence-corrected chi connectivity index (χ2v) is 25.8. The first-order valence-corrected chi connectivity index (χ1v) is 31.9. The van der Waals surface area contributed by atoms with Gasteiger partial charge in [0.05, 0.1) is 47.2 Å². The number of alkyl halides is 3. The third-order valence-electron chi connectivity index (χ3n) is 17.9. The maximum absolute atomic E-state index is 14.6. The molecule has 2 bridgehead atoms. The Balaban J connectivity index is 1.25. The number of allylic oxidation sites excluding steroid dienone is 7. The molecule has 0 aromatic heterocycles. The molecule has 1 unspecified atom stereocenters. The number of halogens is 3. The van der Waals surface area contributed by atoms with Gasteiger partial charge in [0.1, 0.15) is 36.2 Å². The molecule has 21 heteroatoms. The topological polar surface area (TPSA) is 257 Å². The van der Waals surface area contributed by atoms with Crippen molar-refractivity contribution in [3.63, 3.8) is 0 Å². The molecule has 1 aliphatic carbocycles. The highest BCUT2D eigenvalue weighted by atomic mass is 32.2. The fourth-order valence-electron chi connectivity index (χ4n) is 12.4. The number of nitrogens with two attached hydrogens (primary N) is 1. The molecule has 6 rings (SSSR count). The number of carbonyl (C=O) groups is 5. The van der Waals surface area contributed by atoms with Crippen molar-refractivity contribution in [3.05, 3.63) is 112 Å². The lowest BCUT2D eigenvalue weighted by Gasteiger charge is -2.43. The summed E-state index contributed by atoms with van der Waals surface area (Å²) in [6.07, 6.45) is 4.79.